The van der Waals surface area contributed by atoms with Crippen molar-refractivity contribution in [2.75, 3.05) is 0 Å². The molecule has 0 aliphatic heterocycles. The summed E-state index contributed by atoms with van der Waals surface area (Å²) in [7, 11) is -14.9. The topological polar surface area (TPSA) is 202 Å². The van der Waals surface area contributed by atoms with E-state index in [0.29, 0.717) is 5.39 Å². The van der Waals surface area contributed by atoms with E-state index < -0.39 is 45.0 Å². The molecule has 1 heterocycles. The first-order chi connectivity index (χ1) is 18.6. The van der Waals surface area contributed by atoms with Gasteiger partial charge in [-0.05, 0) is 41.5 Å². The van der Waals surface area contributed by atoms with Gasteiger partial charge in [-0.15, -0.1) is 10.2 Å². The van der Waals surface area contributed by atoms with Gasteiger partial charge >= 0.3 is 88.7 Å². The minimum Gasteiger partial charge on any atom is -0.744 e. The molecule has 5 rings (SSSR count). The normalized spacial score (nSPS) is 12.1. The molecular weight excluding hydrogens is 675 g/mol. The molecule has 0 atom stereocenters. The molecule has 0 amide bonds. The second-order valence-electron chi connectivity index (χ2n) is 8.38. The van der Waals surface area contributed by atoms with Gasteiger partial charge in [0.2, 0.25) is 0 Å². The summed E-state index contributed by atoms with van der Waals surface area (Å²) in [6, 6.07) is 14.3. The molecule has 12 nitrogen and oxygen atoms in total. The van der Waals surface area contributed by atoms with E-state index in [1.165, 1.54) is 30.3 Å². The Labute approximate surface area is 317 Å². The maximum atomic E-state index is 12.1. The minimum atomic E-state index is -5.10. The molecule has 0 spiro atoms. The van der Waals surface area contributed by atoms with Crippen molar-refractivity contribution in [2.45, 2.75) is 14.7 Å². The second kappa shape index (κ2) is 14.4. The third-order valence-electron chi connectivity index (χ3n) is 5.81. The third kappa shape index (κ3) is 8.37. The van der Waals surface area contributed by atoms with Gasteiger partial charge < -0.3 is 13.7 Å². The molecule has 0 bridgehead atoms. The number of aromatic nitrogens is 3. The molecule has 0 radical (unpaired) electrons. The van der Waals surface area contributed by atoms with Gasteiger partial charge in [-0.3, -0.25) is 0 Å². The van der Waals surface area contributed by atoms with Crippen molar-refractivity contribution in [3.05, 3.63) is 82.9 Å². The zero-order chi connectivity index (χ0) is 29.0. The molecule has 19 heteroatoms. The van der Waals surface area contributed by atoms with Crippen LogP contribution in [0.15, 0.2) is 81.4 Å². The average Bonchev–Trinajstić information content (AvgIpc) is 3.30. The van der Waals surface area contributed by atoms with E-state index in [9.17, 15) is 38.9 Å². The van der Waals surface area contributed by atoms with Crippen LogP contribution in [0, 0.1) is 0 Å². The summed E-state index contributed by atoms with van der Waals surface area (Å²) in [6.45, 7) is 0. The number of benzene rings is 4. The van der Waals surface area contributed by atoms with E-state index in [1.54, 1.807) is 18.2 Å². The Morgan fingerprint density at radius 2 is 1.14 bits per heavy atom. The molecular formula is C24H13ClN3Na3O9S3. The average molecular weight is 688 g/mol. The molecule has 0 saturated carbocycles. The van der Waals surface area contributed by atoms with Crippen molar-refractivity contribution >= 4 is 75.9 Å². The van der Waals surface area contributed by atoms with Crippen LogP contribution >= 0.6 is 11.6 Å². The Bertz CT molecular complexity index is 2230. The fourth-order valence-electron chi connectivity index (χ4n) is 4.08. The number of hydrogen-bond acceptors (Lipinski definition) is 11. The molecule has 5 aromatic rings. The smallest absolute Gasteiger partial charge is 0.744 e. The Morgan fingerprint density at radius 3 is 1.70 bits per heavy atom. The summed E-state index contributed by atoms with van der Waals surface area (Å²) < 4.78 is 107. The van der Waals surface area contributed by atoms with Crippen LogP contribution in [-0.2, 0) is 30.4 Å². The van der Waals surface area contributed by atoms with Crippen LogP contribution in [0.4, 0.5) is 0 Å². The van der Waals surface area contributed by atoms with Crippen molar-refractivity contribution < 1.29 is 128 Å². The van der Waals surface area contributed by atoms with E-state index in [1.807, 2.05) is 0 Å². The maximum Gasteiger partial charge on any atom is 1.00 e. The summed E-state index contributed by atoms with van der Waals surface area (Å²) in [5, 5.41) is 8.91. The largest absolute Gasteiger partial charge is 1.00 e. The molecule has 0 saturated heterocycles. The van der Waals surface area contributed by atoms with Crippen molar-refractivity contribution in [1.29, 1.82) is 0 Å². The first-order valence-electron chi connectivity index (χ1n) is 10.9. The van der Waals surface area contributed by atoms with E-state index in [-0.39, 0.29) is 127 Å². The summed E-state index contributed by atoms with van der Waals surface area (Å²) in [5.41, 5.74) is 0.0246. The van der Waals surface area contributed by atoms with Gasteiger partial charge in [0.15, 0.2) is 0 Å². The van der Waals surface area contributed by atoms with Crippen molar-refractivity contribution in [3.63, 3.8) is 0 Å². The molecule has 4 aromatic carbocycles. The molecule has 43 heavy (non-hydrogen) atoms. The first kappa shape index (κ1) is 38.5. The standard InChI is InChI=1S/C24H16ClN3O9S3.3Na/c25-16-9-7-14(21(11-16)38(29,30)31)5-6-15-8-10-17(12-22(15)39(32,33)34)28-26-20-13-23(40(35,36)37)18-3-1-2-4-19(18)24(20)27-28;;;/h1-13H,(H,29,30,31)(H,32,33,34)(H,35,36,37);;;/q;3*+1/p-3. The van der Waals surface area contributed by atoms with Crippen LogP contribution in [0.5, 0.6) is 0 Å². The van der Waals surface area contributed by atoms with Crippen LogP contribution < -0.4 is 88.7 Å². The van der Waals surface area contributed by atoms with Crippen molar-refractivity contribution in [2.24, 2.45) is 0 Å². The predicted molar refractivity (Wildman–Crippen MR) is 141 cm³/mol. The molecule has 0 aliphatic carbocycles. The predicted octanol–water partition coefficient (Wildman–Crippen LogP) is -5.88. The van der Waals surface area contributed by atoms with Gasteiger partial charge in [0.1, 0.15) is 41.4 Å². The van der Waals surface area contributed by atoms with Crippen LogP contribution in [0.25, 0.3) is 39.6 Å². The summed E-state index contributed by atoms with van der Waals surface area (Å²) >= 11 is 5.79. The van der Waals surface area contributed by atoms with Gasteiger partial charge in [-0.1, -0.05) is 60.2 Å². The third-order valence-corrected chi connectivity index (χ3v) is 8.71. The number of hydrogen-bond donors (Lipinski definition) is 0. The molecule has 0 N–H and O–H groups in total. The fourth-order valence-corrected chi connectivity index (χ4v) is 6.41. The SMILES string of the molecule is O=S(=O)([O-])c1cc(Cl)ccc1C=Cc1ccc(-n2nc3cc(S(=O)(=O)[O-])c4ccccc4c3n2)cc1S(=O)(=O)[O-].[Na+].[Na+].[Na+]. The van der Waals surface area contributed by atoms with Crippen molar-refractivity contribution in [3.8, 4) is 5.69 Å². The van der Waals surface area contributed by atoms with Crippen LogP contribution in [0.1, 0.15) is 11.1 Å². The molecule has 0 aliphatic rings. The number of halogens is 1. The van der Waals surface area contributed by atoms with E-state index in [2.05, 4.69) is 10.2 Å². The van der Waals surface area contributed by atoms with Crippen molar-refractivity contribution in [1.82, 2.24) is 15.0 Å². The van der Waals surface area contributed by atoms with Crippen LogP contribution in [0.3, 0.4) is 0 Å². The number of nitrogens with zero attached hydrogens (tertiary/aromatic N) is 3. The number of fused-ring (bicyclic) bond motifs is 3. The summed E-state index contributed by atoms with van der Waals surface area (Å²) in [4.78, 5) is -0.885. The first-order valence-corrected chi connectivity index (χ1v) is 15.5. The fraction of sp³-hybridized carbons (Fsp3) is 0. The van der Waals surface area contributed by atoms with Gasteiger partial charge in [0.25, 0.3) is 0 Å². The quantitative estimate of drug-likeness (QED) is 0.0935. The molecule has 1 aromatic heterocycles. The Kier molecular flexibility index (Phi) is 12.9. The van der Waals surface area contributed by atoms with Crippen LogP contribution in [-0.4, -0.2) is 53.9 Å². The van der Waals surface area contributed by atoms with E-state index in [4.69, 9.17) is 11.6 Å². The Balaban J connectivity index is 0.00000215. The summed E-state index contributed by atoms with van der Waals surface area (Å²) in [6.07, 6.45) is 2.28. The van der Waals surface area contributed by atoms with Gasteiger partial charge in [-0.25, -0.2) is 25.3 Å². The van der Waals surface area contributed by atoms with Gasteiger partial charge in [0.05, 0.1) is 20.4 Å². The van der Waals surface area contributed by atoms with Gasteiger partial charge in [0, 0.05) is 15.8 Å². The zero-order valence-corrected chi connectivity index (χ0v) is 31.8. The van der Waals surface area contributed by atoms with E-state index in [0.717, 1.165) is 35.1 Å². The monoisotopic (exact) mass is 687 g/mol. The number of rotatable bonds is 6. The molecule has 206 valence electrons. The van der Waals surface area contributed by atoms with Crippen LogP contribution in [0.2, 0.25) is 5.02 Å². The Morgan fingerprint density at radius 1 is 0.628 bits per heavy atom. The minimum absolute atomic E-state index is 0. The maximum absolute atomic E-state index is 12.1. The zero-order valence-electron chi connectivity index (χ0n) is 22.6. The van der Waals surface area contributed by atoms with Gasteiger partial charge in [-0.2, -0.15) is 4.80 Å². The van der Waals surface area contributed by atoms with E-state index >= 15 is 0 Å². The summed E-state index contributed by atoms with van der Waals surface area (Å²) in [5.74, 6) is 0. The molecule has 0 fully saturated rings. The molecule has 0 unspecified atom stereocenters. The Hall–Kier alpha value is -0.700. The second-order valence-corrected chi connectivity index (χ2v) is 12.9.